The summed E-state index contributed by atoms with van der Waals surface area (Å²) in [5.41, 5.74) is 4.79. The fourth-order valence-electron chi connectivity index (χ4n) is 2.54. The number of nitrogens with zero attached hydrogens (tertiary/aromatic N) is 2. The first kappa shape index (κ1) is 19.2. The van der Waals surface area contributed by atoms with E-state index < -0.39 is 5.41 Å². The number of rotatable bonds is 9. The average Bonchev–Trinajstić information content (AvgIpc) is 2.50. The summed E-state index contributed by atoms with van der Waals surface area (Å²) < 4.78 is 0. The third kappa shape index (κ3) is 4.61. The van der Waals surface area contributed by atoms with E-state index in [9.17, 15) is 9.59 Å². The quantitative estimate of drug-likeness (QED) is 0.254. The van der Waals surface area contributed by atoms with Crippen LogP contribution in [-0.2, 0) is 9.59 Å². The van der Waals surface area contributed by atoms with Crippen LogP contribution in [-0.4, -0.2) is 47.9 Å². The lowest BCUT2D eigenvalue weighted by atomic mass is 9.76. The lowest BCUT2D eigenvalue weighted by molar-refractivity contribution is -0.142. The number of carbonyl (C=O) groups is 2. The maximum Gasteiger partial charge on any atom is 0.239 e. The van der Waals surface area contributed by atoms with Crippen LogP contribution < -0.4 is 11.1 Å². The number of amidine groups is 1. The molecule has 0 aromatic carbocycles. The molecule has 7 nitrogen and oxygen atoms in total. The zero-order valence-electron chi connectivity index (χ0n) is 13.5. The highest BCUT2D eigenvalue weighted by molar-refractivity contribution is 6.07. The Balaban J connectivity index is 5.56. The molecule has 0 saturated carbocycles. The van der Waals surface area contributed by atoms with Crippen molar-refractivity contribution >= 4 is 17.6 Å². The van der Waals surface area contributed by atoms with Crippen molar-refractivity contribution in [3.63, 3.8) is 0 Å². The van der Waals surface area contributed by atoms with Crippen molar-refractivity contribution in [3.8, 4) is 0 Å². The maximum atomic E-state index is 12.9. The molecule has 0 aliphatic carbocycles. The van der Waals surface area contributed by atoms with Gasteiger partial charge in [0, 0.05) is 13.6 Å². The van der Waals surface area contributed by atoms with Crippen molar-refractivity contribution in [1.82, 2.24) is 10.2 Å². The molecule has 4 N–H and O–H groups in total. The van der Waals surface area contributed by atoms with Gasteiger partial charge in [0.1, 0.15) is 5.41 Å². The van der Waals surface area contributed by atoms with Crippen molar-refractivity contribution in [2.45, 2.75) is 46.5 Å². The van der Waals surface area contributed by atoms with Crippen LogP contribution in [0, 0.1) is 5.41 Å². The zero-order valence-corrected chi connectivity index (χ0v) is 13.5. The Hall–Kier alpha value is -1.79. The van der Waals surface area contributed by atoms with Gasteiger partial charge >= 0.3 is 0 Å². The van der Waals surface area contributed by atoms with Crippen LogP contribution in [0.5, 0.6) is 0 Å². The average molecular weight is 300 g/mol. The number of nitrogens with one attached hydrogen (secondary N) is 1. The number of carbonyl (C=O) groups excluding carboxylic acids is 2. The molecule has 122 valence electrons. The number of oxime groups is 1. The smallest absolute Gasteiger partial charge is 0.239 e. The van der Waals surface area contributed by atoms with E-state index in [0.29, 0.717) is 19.4 Å². The maximum absolute atomic E-state index is 12.9. The monoisotopic (exact) mass is 300 g/mol. The highest BCUT2D eigenvalue weighted by Gasteiger charge is 2.44. The molecular formula is C14H28N4O3. The predicted molar refractivity (Wildman–Crippen MR) is 82.0 cm³/mol. The lowest BCUT2D eigenvalue weighted by Crippen LogP contribution is -2.53. The number of nitrogens with two attached hydrogens (primary N) is 1. The molecule has 21 heavy (non-hydrogen) atoms. The van der Waals surface area contributed by atoms with Crippen LogP contribution >= 0.6 is 0 Å². The zero-order chi connectivity index (χ0) is 16.5. The highest BCUT2D eigenvalue weighted by atomic mass is 16.4. The van der Waals surface area contributed by atoms with Crippen LogP contribution in [0.15, 0.2) is 5.16 Å². The van der Waals surface area contributed by atoms with Crippen LogP contribution in [0.1, 0.15) is 46.5 Å². The lowest BCUT2D eigenvalue weighted by Gasteiger charge is -2.35. The van der Waals surface area contributed by atoms with Gasteiger partial charge < -0.3 is 21.2 Å². The summed E-state index contributed by atoms with van der Waals surface area (Å²) in [5, 5.41) is 14.6. The molecule has 0 spiro atoms. The third-order valence-electron chi connectivity index (χ3n) is 3.64. The van der Waals surface area contributed by atoms with Crippen molar-refractivity contribution in [1.29, 1.82) is 0 Å². The summed E-state index contributed by atoms with van der Waals surface area (Å²) in [6.45, 7) is 6.05. The van der Waals surface area contributed by atoms with Crippen molar-refractivity contribution in [3.05, 3.63) is 0 Å². The largest absolute Gasteiger partial charge is 0.409 e. The van der Waals surface area contributed by atoms with Crippen LogP contribution in [0.4, 0.5) is 0 Å². The van der Waals surface area contributed by atoms with Gasteiger partial charge in [-0.25, -0.2) is 0 Å². The predicted octanol–water partition coefficient (Wildman–Crippen LogP) is 0.914. The molecule has 0 aliphatic heterocycles. The molecule has 0 radical (unpaired) electrons. The molecule has 0 unspecified atom stereocenters. The van der Waals surface area contributed by atoms with E-state index in [1.165, 1.54) is 11.9 Å². The Labute approximate surface area is 126 Å². The first-order chi connectivity index (χ1) is 9.93. The van der Waals surface area contributed by atoms with Crippen LogP contribution in [0.25, 0.3) is 0 Å². The second kappa shape index (κ2) is 9.20. The van der Waals surface area contributed by atoms with E-state index in [-0.39, 0.29) is 24.2 Å². The summed E-state index contributed by atoms with van der Waals surface area (Å²) in [6, 6.07) is 0. The minimum Gasteiger partial charge on any atom is -0.409 e. The molecule has 0 aromatic rings. The van der Waals surface area contributed by atoms with Gasteiger partial charge in [0.05, 0.1) is 6.54 Å². The Morgan fingerprint density at radius 1 is 1.24 bits per heavy atom. The second-order valence-corrected chi connectivity index (χ2v) is 5.06. The minimum absolute atomic E-state index is 0.0281. The highest BCUT2D eigenvalue weighted by Crippen LogP contribution is 2.32. The van der Waals surface area contributed by atoms with E-state index in [0.717, 1.165) is 12.8 Å². The van der Waals surface area contributed by atoms with Gasteiger partial charge in [-0.05, 0) is 19.8 Å². The van der Waals surface area contributed by atoms with Crippen molar-refractivity contribution < 1.29 is 14.8 Å². The molecule has 0 rings (SSSR count). The molecule has 0 saturated heterocycles. The molecular weight excluding hydrogens is 272 g/mol. The van der Waals surface area contributed by atoms with Gasteiger partial charge in [-0.2, -0.15) is 0 Å². The van der Waals surface area contributed by atoms with Gasteiger partial charge in [-0.15, -0.1) is 0 Å². The van der Waals surface area contributed by atoms with Crippen LogP contribution in [0.2, 0.25) is 0 Å². The summed E-state index contributed by atoms with van der Waals surface area (Å²) in [7, 11) is 1.52. The number of likely N-dealkylation sites (N-methyl/N-ethyl adjacent to an activating group) is 2. The van der Waals surface area contributed by atoms with E-state index >= 15 is 0 Å². The Morgan fingerprint density at radius 3 is 2.10 bits per heavy atom. The molecule has 2 amide bonds. The molecule has 0 fully saturated rings. The SMILES string of the molecule is CCCC(CCC)(C(=O)N(CC)CC(=O)NC)C(N)=NO. The first-order valence-corrected chi connectivity index (χ1v) is 7.41. The normalized spacial score (nSPS) is 12.1. The van der Waals surface area contributed by atoms with E-state index in [2.05, 4.69) is 10.5 Å². The fourth-order valence-corrected chi connectivity index (χ4v) is 2.54. The number of hydrogen-bond donors (Lipinski definition) is 3. The van der Waals surface area contributed by atoms with Gasteiger partial charge in [-0.1, -0.05) is 31.8 Å². The van der Waals surface area contributed by atoms with E-state index in [4.69, 9.17) is 10.9 Å². The summed E-state index contributed by atoms with van der Waals surface area (Å²) in [4.78, 5) is 25.9. The van der Waals surface area contributed by atoms with E-state index in [1.807, 2.05) is 13.8 Å². The Kier molecular flexibility index (Phi) is 8.42. The number of amides is 2. The van der Waals surface area contributed by atoms with Gasteiger partial charge in [0.2, 0.25) is 11.8 Å². The Morgan fingerprint density at radius 2 is 1.76 bits per heavy atom. The summed E-state index contributed by atoms with van der Waals surface area (Å²) in [6.07, 6.45) is 2.42. The molecule has 0 atom stereocenters. The minimum atomic E-state index is -1.04. The molecule has 0 aromatic heterocycles. The van der Waals surface area contributed by atoms with Crippen molar-refractivity contribution in [2.24, 2.45) is 16.3 Å². The number of hydrogen-bond acceptors (Lipinski definition) is 4. The van der Waals surface area contributed by atoms with Crippen molar-refractivity contribution in [2.75, 3.05) is 20.1 Å². The van der Waals surface area contributed by atoms with Gasteiger partial charge in [0.15, 0.2) is 5.84 Å². The summed E-state index contributed by atoms with van der Waals surface area (Å²) in [5.74, 6) is -0.578. The third-order valence-corrected chi connectivity index (χ3v) is 3.64. The van der Waals surface area contributed by atoms with Gasteiger partial charge in [0.25, 0.3) is 0 Å². The topological polar surface area (TPSA) is 108 Å². The van der Waals surface area contributed by atoms with Gasteiger partial charge in [-0.3, -0.25) is 9.59 Å². The summed E-state index contributed by atoms with van der Waals surface area (Å²) >= 11 is 0. The first-order valence-electron chi connectivity index (χ1n) is 7.41. The Bertz CT molecular complexity index is 376. The van der Waals surface area contributed by atoms with Crippen LogP contribution in [0.3, 0.4) is 0 Å². The molecule has 0 aliphatic rings. The molecule has 0 heterocycles. The standard InChI is InChI=1S/C14H28N4O3/c1-5-8-14(9-6-2,12(15)17-21)13(20)18(7-3)10-11(19)16-4/h21H,5-10H2,1-4H3,(H2,15,17)(H,16,19). The molecule has 7 heteroatoms. The second-order valence-electron chi connectivity index (χ2n) is 5.06. The van der Waals surface area contributed by atoms with E-state index in [1.54, 1.807) is 6.92 Å². The molecule has 0 bridgehead atoms. The fraction of sp³-hybridized carbons (Fsp3) is 0.786.